The van der Waals surface area contributed by atoms with Gasteiger partial charge in [0.05, 0.1) is 5.69 Å². The van der Waals surface area contributed by atoms with Crippen LogP contribution in [0.3, 0.4) is 0 Å². The second-order valence-corrected chi connectivity index (χ2v) is 5.07. The summed E-state index contributed by atoms with van der Waals surface area (Å²) in [5.41, 5.74) is 7.48. The fraction of sp³-hybridized carbons (Fsp3) is 0.714. The number of rotatable bonds is 4. The molecule has 5 nitrogen and oxygen atoms in total. The lowest BCUT2D eigenvalue weighted by atomic mass is 10.0. The number of hydrogen-bond acceptors (Lipinski definition) is 3. The minimum atomic E-state index is 0.0872. The van der Waals surface area contributed by atoms with E-state index in [1.165, 1.54) is 6.42 Å². The minimum Gasteiger partial charge on any atom is -0.333 e. The van der Waals surface area contributed by atoms with Gasteiger partial charge >= 0.3 is 0 Å². The largest absolute Gasteiger partial charge is 0.333 e. The fourth-order valence-corrected chi connectivity index (χ4v) is 2.72. The molecule has 1 fully saturated rings. The van der Waals surface area contributed by atoms with E-state index in [-0.39, 0.29) is 11.9 Å². The topological polar surface area (TPSA) is 64.2 Å². The molecule has 0 bridgehead atoms. The van der Waals surface area contributed by atoms with Gasteiger partial charge in [-0.05, 0) is 38.7 Å². The first-order chi connectivity index (χ1) is 9.21. The molecule has 1 saturated heterocycles. The van der Waals surface area contributed by atoms with Crippen LogP contribution in [0, 0.1) is 0 Å². The minimum absolute atomic E-state index is 0.0872. The van der Waals surface area contributed by atoms with Crippen molar-refractivity contribution < 1.29 is 4.79 Å². The number of carbonyl (C=O) groups is 1. The molecule has 0 radical (unpaired) electrons. The van der Waals surface area contributed by atoms with Crippen molar-refractivity contribution in [2.45, 2.75) is 52.1 Å². The number of carbonyl (C=O) groups excluding carboxylic acids is 1. The quantitative estimate of drug-likeness (QED) is 0.894. The Hall–Kier alpha value is -1.36. The Morgan fingerprint density at radius 3 is 2.89 bits per heavy atom. The van der Waals surface area contributed by atoms with Crippen LogP contribution in [0.25, 0.3) is 0 Å². The lowest BCUT2D eigenvalue weighted by molar-refractivity contribution is 0.0610. The Balaban J connectivity index is 2.24. The first kappa shape index (κ1) is 14.1. The summed E-state index contributed by atoms with van der Waals surface area (Å²) >= 11 is 0. The molecule has 1 unspecified atom stereocenters. The number of nitrogens with zero attached hydrogens (tertiary/aromatic N) is 3. The monoisotopic (exact) mass is 264 g/mol. The Kier molecular flexibility index (Phi) is 4.58. The standard InChI is InChI=1S/C14H24N4O/c1-3-11-9-13(18(4-2)16-11)14(19)17-8-6-5-7-12(17)10-15/h9,12H,3-8,10,15H2,1-2H3. The van der Waals surface area contributed by atoms with Gasteiger partial charge < -0.3 is 10.6 Å². The van der Waals surface area contributed by atoms with Gasteiger partial charge in [0, 0.05) is 25.7 Å². The van der Waals surface area contributed by atoms with Crippen molar-refractivity contribution in [3.8, 4) is 0 Å². The smallest absolute Gasteiger partial charge is 0.272 e. The number of piperidine rings is 1. The highest BCUT2D eigenvalue weighted by molar-refractivity contribution is 5.93. The second-order valence-electron chi connectivity index (χ2n) is 5.07. The molecule has 19 heavy (non-hydrogen) atoms. The van der Waals surface area contributed by atoms with Crippen molar-refractivity contribution in [2.75, 3.05) is 13.1 Å². The molecule has 1 atom stereocenters. The molecular formula is C14H24N4O. The Labute approximate surface area is 114 Å². The van der Waals surface area contributed by atoms with Gasteiger partial charge in [-0.15, -0.1) is 0 Å². The maximum absolute atomic E-state index is 12.7. The number of amides is 1. The molecular weight excluding hydrogens is 240 g/mol. The van der Waals surface area contributed by atoms with Gasteiger partial charge in [0.1, 0.15) is 5.69 Å². The summed E-state index contributed by atoms with van der Waals surface area (Å²) in [6, 6.07) is 2.11. The third-order valence-corrected chi connectivity index (χ3v) is 3.87. The van der Waals surface area contributed by atoms with Crippen molar-refractivity contribution in [1.82, 2.24) is 14.7 Å². The van der Waals surface area contributed by atoms with E-state index in [1.54, 1.807) is 0 Å². The third-order valence-electron chi connectivity index (χ3n) is 3.87. The lowest BCUT2D eigenvalue weighted by Gasteiger charge is -2.35. The van der Waals surface area contributed by atoms with Crippen LogP contribution in [0.4, 0.5) is 0 Å². The molecule has 1 aromatic heterocycles. The number of aryl methyl sites for hydroxylation is 2. The molecule has 1 aromatic rings. The Morgan fingerprint density at radius 2 is 2.26 bits per heavy atom. The molecule has 0 aromatic carbocycles. The maximum Gasteiger partial charge on any atom is 0.272 e. The molecule has 2 heterocycles. The van der Waals surface area contributed by atoms with Gasteiger partial charge in [-0.25, -0.2) is 0 Å². The van der Waals surface area contributed by atoms with E-state index >= 15 is 0 Å². The summed E-state index contributed by atoms with van der Waals surface area (Å²) in [6.07, 6.45) is 4.11. The third kappa shape index (κ3) is 2.81. The average molecular weight is 264 g/mol. The number of hydrogen-bond donors (Lipinski definition) is 1. The molecule has 2 N–H and O–H groups in total. The van der Waals surface area contributed by atoms with Gasteiger partial charge in [-0.2, -0.15) is 5.10 Å². The van der Waals surface area contributed by atoms with Crippen molar-refractivity contribution >= 4 is 5.91 Å². The predicted molar refractivity (Wildman–Crippen MR) is 75.0 cm³/mol. The number of aromatic nitrogens is 2. The summed E-state index contributed by atoms with van der Waals surface area (Å²) in [7, 11) is 0. The van der Waals surface area contributed by atoms with E-state index in [1.807, 2.05) is 22.6 Å². The summed E-state index contributed by atoms with van der Waals surface area (Å²) in [5.74, 6) is 0.0872. The highest BCUT2D eigenvalue weighted by atomic mass is 16.2. The molecule has 0 spiro atoms. The molecule has 1 amide bonds. The van der Waals surface area contributed by atoms with E-state index in [2.05, 4.69) is 12.0 Å². The van der Waals surface area contributed by atoms with E-state index in [0.29, 0.717) is 12.2 Å². The van der Waals surface area contributed by atoms with Crippen LogP contribution in [0.15, 0.2) is 6.07 Å². The van der Waals surface area contributed by atoms with Gasteiger partial charge in [0.25, 0.3) is 5.91 Å². The first-order valence-corrected chi connectivity index (χ1v) is 7.29. The van der Waals surface area contributed by atoms with Crippen LogP contribution in [-0.4, -0.2) is 39.7 Å². The summed E-state index contributed by atoms with van der Waals surface area (Å²) in [6.45, 7) is 6.16. The Morgan fingerprint density at radius 1 is 1.47 bits per heavy atom. The van der Waals surface area contributed by atoms with E-state index in [0.717, 1.165) is 38.0 Å². The number of nitrogens with two attached hydrogens (primary N) is 1. The summed E-state index contributed by atoms with van der Waals surface area (Å²) < 4.78 is 1.81. The zero-order chi connectivity index (χ0) is 13.8. The van der Waals surface area contributed by atoms with E-state index < -0.39 is 0 Å². The molecule has 5 heteroatoms. The van der Waals surface area contributed by atoms with Gasteiger partial charge in [-0.3, -0.25) is 9.48 Å². The average Bonchev–Trinajstić information content (AvgIpc) is 2.89. The van der Waals surface area contributed by atoms with Crippen molar-refractivity contribution in [2.24, 2.45) is 5.73 Å². The van der Waals surface area contributed by atoms with Crippen LogP contribution in [-0.2, 0) is 13.0 Å². The zero-order valence-electron chi connectivity index (χ0n) is 11.9. The van der Waals surface area contributed by atoms with Crippen LogP contribution < -0.4 is 5.73 Å². The zero-order valence-corrected chi connectivity index (χ0v) is 11.9. The fourth-order valence-electron chi connectivity index (χ4n) is 2.72. The Bertz CT molecular complexity index is 441. The second kappa shape index (κ2) is 6.19. The van der Waals surface area contributed by atoms with E-state index in [4.69, 9.17) is 5.73 Å². The summed E-state index contributed by atoms with van der Waals surface area (Å²) in [4.78, 5) is 14.6. The van der Waals surface area contributed by atoms with Crippen molar-refractivity contribution in [1.29, 1.82) is 0 Å². The molecule has 106 valence electrons. The van der Waals surface area contributed by atoms with Crippen LogP contribution >= 0.6 is 0 Å². The highest BCUT2D eigenvalue weighted by Gasteiger charge is 2.28. The molecule has 0 saturated carbocycles. The SMILES string of the molecule is CCc1cc(C(=O)N2CCCCC2CN)n(CC)n1. The normalized spacial score (nSPS) is 19.7. The molecule has 0 aliphatic carbocycles. The van der Waals surface area contributed by atoms with E-state index in [9.17, 15) is 4.79 Å². The van der Waals surface area contributed by atoms with Crippen LogP contribution in [0.5, 0.6) is 0 Å². The predicted octanol–water partition coefficient (Wildman–Crippen LogP) is 1.42. The number of likely N-dealkylation sites (tertiary alicyclic amines) is 1. The van der Waals surface area contributed by atoms with Gasteiger partial charge in [0.15, 0.2) is 0 Å². The van der Waals surface area contributed by atoms with Crippen molar-refractivity contribution in [3.63, 3.8) is 0 Å². The first-order valence-electron chi connectivity index (χ1n) is 7.29. The maximum atomic E-state index is 12.7. The van der Waals surface area contributed by atoms with Gasteiger partial charge in [0.2, 0.25) is 0 Å². The molecule has 1 aliphatic heterocycles. The van der Waals surface area contributed by atoms with Gasteiger partial charge in [-0.1, -0.05) is 6.92 Å². The molecule has 1 aliphatic rings. The van der Waals surface area contributed by atoms with Crippen LogP contribution in [0.1, 0.15) is 49.3 Å². The van der Waals surface area contributed by atoms with Crippen molar-refractivity contribution in [3.05, 3.63) is 17.5 Å². The lowest BCUT2D eigenvalue weighted by Crippen LogP contribution is -2.47. The molecule has 2 rings (SSSR count). The van der Waals surface area contributed by atoms with Crippen LogP contribution in [0.2, 0.25) is 0 Å². The summed E-state index contributed by atoms with van der Waals surface area (Å²) in [5, 5.41) is 4.45. The highest BCUT2D eigenvalue weighted by Crippen LogP contribution is 2.19.